The van der Waals surface area contributed by atoms with Gasteiger partial charge in [-0.2, -0.15) is 0 Å². The van der Waals surface area contributed by atoms with Crippen molar-refractivity contribution >= 4 is 17.1 Å². The van der Waals surface area contributed by atoms with Gasteiger partial charge in [-0.25, -0.2) is 0 Å². The van der Waals surface area contributed by atoms with Crippen molar-refractivity contribution in [3.8, 4) is 5.75 Å². The molecule has 0 aliphatic carbocycles. The van der Waals surface area contributed by atoms with Gasteiger partial charge >= 0.3 is 0 Å². The Bertz CT molecular complexity index is 532. The standard InChI is InChI=1S/C16H18O2/c1-2-3-6-11-18-16-14(12-17)10-9-13-7-4-5-8-15(13)16/h4-5,7-10,12H,2-3,6,11H2,1H3. The molecule has 0 saturated carbocycles. The Morgan fingerprint density at radius 3 is 2.72 bits per heavy atom. The van der Waals surface area contributed by atoms with Gasteiger partial charge in [0.2, 0.25) is 0 Å². The van der Waals surface area contributed by atoms with Crippen molar-refractivity contribution in [3.63, 3.8) is 0 Å². The summed E-state index contributed by atoms with van der Waals surface area (Å²) in [4.78, 5) is 11.1. The number of carbonyl (C=O) groups is 1. The SMILES string of the molecule is CCCCCOc1c(C=O)ccc2ccccc12. The summed E-state index contributed by atoms with van der Waals surface area (Å²) in [7, 11) is 0. The number of aldehydes is 1. The predicted octanol–water partition coefficient (Wildman–Crippen LogP) is 4.22. The van der Waals surface area contributed by atoms with Gasteiger partial charge in [-0.05, 0) is 17.9 Å². The minimum absolute atomic E-state index is 0.630. The highest BCUT2D eigenvalue weighted by atomic mass is 16.5. The van der Waals surface area contributed by atoms with Crippen molar-refractivity contribution in [2.24, 2.45) is 0 Å². The summed E-state index contributed by atoms with van der Waals surface area (Å²) < 4.78 is 5.81. The van der Waals surface area contributed by atoms with E-state index in [0.29, 0.717) is 12.2 Å². The Morgan fingerprint density at radius 2 is 1.94 bits per heavy atom. The van der Waals surface area contributed by atoms with E-state index in [9.17, 15) is 4.79 Å². The smallest absolute Gasteiger partial charge is 0.153 e. The van der Waals surface area contributed by atoms with Crippen LogP contribution in [0.2, 0.25) is 0 Å². The summed E-state index contributed by atoms with van der Waals surface area (Å²) >= 11 is 0. The first-order valence-electron chi connectivity index (χ1n) is 6.46. The molecule has 0 heterocycles. The fraction of sp³-hybridized carbons (Fsp3) is 0.312. The highest BCUT2D eigenvalue weighted by Gasteiger charge is 2.07. The summed E-state index contributed by atoms with van der Waals surface area (Å²) in [6.07, 6.45) is 4.21. The van der Waals surface area contributed by atoms with Gasteiger partial charge in [-0.3, -0.25) is 4.79 Å². The molecular weight excluding hydrogens is 224 g/mol. The number of rotatable bonds is 6. The molecule has 0 aromatic heterocycles. The molecule has 2 nitrogen and oxygen atoms in total. The minimum atomic E-state index is 0.630. The van der Waals surface area contributed by atoms with Crippen molar-refractivity contribution in [3.05, 3.63) is 42.0 Å². The Labute approximate surface area is 108 Å². The van der Waals surface area contributed by atoms with E-state index in [-0.39, 0.29) is 0 Å². The van der Waals surface area contributed by atoms with Crippen molar-refractivity contribution < 1.29 is 9.53 Å². The number of hydrogen-bond donors (Lipinski definition) is 0. The molecule has 0 aliphatic rings. The second-order valence-electron chi connectivity index (χ2n) is 4.38. The number of benzene rings is 2. The molecule has 0 saturated heterocycles. The van der Waals surface area contributed by atoms with Crippen LogP contribution in [0.4, 0.5) is 0 Å². The number of ether oxygens (including phenoxy) is 1. The van der Waals surface area contributed by atoms with E-state index in [4.69, 9.17) is 4.74 Å². The third-order valence-electron chi connectivity index (χ3n) is 3.03. The van der Waals surface area contributed by atoms with Gasteiger partial charge in [0.1, 0.15) is 5.75 Å². The molecule has 2 heteroatoms. The fourth-order valence-electron chi connectivity index (χ4n) is 2.04. The van der Waals surface area contributed by atoms with Gasteiger partial charge in [-0.15, -0.1) is 0 Å². The summed E-state index contributed by atoms with van der Waals surface area (Å²) in [5, 5.41) is 2.12. The number of carbonyl (C=O) groups excluding carboxylic acids is 1. The molecule has 0 fully saturated rings. The van der Waals surface area contributed by atoms with Gasteiger partial charge < -0.3 is 4.74 Å². The average molecular weight is 242 g/mol. The Hall–Kier alpha value is -1.83. The normalized spacial score (nSPS) is 10.5. The molecule has 2 aromatic rings. The molecule has 18 heavy (non-hydrogen) atoms. The monoisotopic (exact) mass is 242 g/mol. The predicted molar refractivity (Wildman–Crippen MR) is 74.4 cm³/mol. The lowest BCUT2D eigenvalue weighted by Gasteiger charge is -2.11. The van der Waals surface area contributed by atoms with Crippen molar-refractivity contribution in [1.29, 1.82) is 0 Å². The van der Waals surface area contributed by atoms with E-state index in [2.05, 4.69) is 6.92 Å². The maximum absolute atomic E-state index is 11.1. The summed E-state index contributed by atoms with van der Waals surface area (Å²) in [6.45, 7) is 2.83. The number of hydrogen-bond acceptors (Lipinski definition) is 2. The lowest BCUT2D eigenvalue weighted by molar-refractivity contribution is 0.111. The molecule has 0 aliphatic heterocycles. The largest absolute Gasteiger partial charge is 0.492 e. The average Bonchev–Trinajstić information content (AvgIpc) is 2.43. The van der Waals surface area contributed by atoms with Gasteiger partial charge in [0.05, 0.1) is 12.2 Å². The number of fused-ring (bicyclic) bond motifs is 1. The van der Waals surface area contributed by atoms with Crippen LogP contribution in [0, 0.1) is 0 Å². The van der Waals surface area contributed by atoms with E-state index in [1.165, 1.54) is 6.42 Å². The highest BCUT2D eigenvalue weighted by Crippen LogP contribution is 2.29. The third kappa shape index (κ3) is 2.70. The lowest BCUT2D eigenvalue weighted by atomic mass is 10.1. The fourth-order valence-corrected chi connectivity index (χ4v) is 2.04. The van der Waals surface area contributed by atoms with E-state index in [1.54, 1.807) is 0 Å². The highest BCUT2D eigenvalue weighted by molar-refractivity contribution is 5.96. The van der Waals surface area contributed by atoms with Crippen LogP contribution in [0.15, 0.2) is 36.4 Å². The van der Waals surface area contributed by atoms with Crippen LogP contribution in [0.5, 0.6) is 5.75 Å². The van der Waals surface area contributed by atoms with Gasteiger partial charge in [0.15, 0.2) is 6.29 Å². The van der Waals surface area contributed by atoms with Gasteiger partial charge in [-0.1, -0.05) is 50.1 Å². The first kappa shape index (κ1) is 12.6. The molecule has 0 amide bonds. The second-order valence-corrected chi connectivity index (χ2v) is 4.38. The molecule has 0 N–H and O–H groups in total. The van der Waals surface area contributed by atoms with Crippen LogP contribution in [0.3, 0.4) is 0 Å². The molecule has 2 rings (SSSR count). The van der Waals surface area contributed by atoms with Crippen LogP contribution < -0.4 is 4.74 Å². The molecule has 0 unspecified atom stereocenters. The summed E-state index contributed by atoms with van der Waals surface area (Å²) in [5.41, 5.74) is 0.630. The van der Waals surface area contributed by atoms with Gasteiger partial charge in [0, 0.05) is 5.39 Å². The van der Waals surface area contributed by atoms with Crippen LogP contribution in [-0.2, 0) is 0 Å². The molecule has 0 spiro atoms. The van der Waals surface area contributed by atoms with E-state index < -0.39 is 0 Å². The number of unbranched alkanes of at least 4 members (excludes halogenated alkanes) is 2. The van der Waals surface area contributed by atoms with Crippen LogP contribution in [0.1, 0.15) is 36.5 Å². The Morgan fingerprint density at radius 1 is 1.11 bits per heavy atom. The van der Waals surface area contributed by atoms with E-state index in [0.717, 1.165) is 35.6 Å². The summed E-state index contributed by atoms with van der Waals surface area (Å²) in [5.74, 6) is 0.721. The van der Waals surface area contributed by atoms with Crippen LogP contribution in [0.25, 0.3) is 10.8 Å². The van der Waals surface area contributed by atoms with E-state index in [1.807, 2.05) is 36.4 Å². The molecule has 0 atom stereocenters. The zero-order valence-electron chi connectivity index (χ0n) is 10.7. The third-order valence-corrected chi connectivity index (χ3v) is 3.03. The van der Waals surface area contributed by atoms with Gasteiger partial charge in [0.25, 0.3) is 0 Å². The lowest BCUT2D eigenvalue weighted by Crippen LogP contribution is -2.00. The Balaban J connectivity index is 2.29. The second kappa shape index (κ2) is 6.20. The molecule has 94 valence electrons. The first-order valence-corrected chi connectivity index (χ1v) is 6.46. The van der Waals surface area contributed by atoms with E-state index >= 15 is 0 Å². The Kier molecular flexibility index (Phi) is 4.35. The molecule has 0 radical (unpaired) electrons. The minimum Gasteiger partial charge on any atom is -0.492 e. The maximum atomic E-state index is 11.1. The molecular formula is C16H18O2. The summed E-state index contributed by atoms with van der Waals surface area (Å²) in [6, 6.07) is 11.8. The molecule has 0 bridgehead atoms. The zero-order valence-corrected chi connectivity index (χ0v) is 10.7. The maximum Gasteiger partial charge on any atom is 0.153 e. The van der Waals surface area contributed by atoms with Crippen LogP contribution in [-0.4, -0.2) is 12.9 Å². The topological polar surface area (TPSA) is 26.3 Å². The van der Waals surface area contributed by atoms with Crippen molar-refractivity contribution in [1.82, 2.24) is 0 Å². The van der Waals surface area contributed by atoms with Crippen molar-refractivity contribution in [2.45, 2.75) is 26.2 Å². The zero-order chi connectivity index (χ0) is 12.8. The quantitative estimate of drug-likeness (QED) is 0.560. The molecule has 2 aromatic carbocycles. The van der Waals surface area contributed by atoms with Crippen molar-refractivity contribution in [2.75, 3.05) is 6.61 Å². The van der Waals surface area contributed by atoms with Crippen LogP contribution >= 0.6 is 0 Å². The first-order chi connectivity index (χ1) is 8.86.